The summed E-state index contributed by atoms with van der Waals surface area (Å²) >= 11 is 0. The summed E-state index contributed by atoms with van der Waals surface area (Å²) in [5.41, 5.74) is 1.60. The van der Waals surface area contributed by atoms with Gasteiger partial charge < -0.3 is 10.6 Å². The first-order valence-electron chi connectivity index (χ1n) is 7.01. The van der Waals surface area contributed by atoms with Gasteiger partial charge in [-0.3, -0.25) is 0 Å². The zero-order valence-corrected chi connectivity index (χ0v) is 12.3. The van der Waals surface area contributed by atoms with Gasteiger partial charge in [0.15, 0.2) is 0 Å². The van der Waals surface area contributed by atoms with Crippen molar-refractivity contribution in [2.45, 2.75) is 32.6 Å². The maximum atomic E-state index is 3.62. The van der Waals surface area contributed by atoms with E-state index in [1.807, 2.05) is 7.05 Å². The van der Waals surface area contributed by atoms with Crippen molar-refractivity contribution < 1.29 is 0 Å². The van der Waals surface area contributed by atoms with Crippen molar-refractivity contribution in [3.05, 3.63) is 35.9 Å². The highest BCUT2D eigenvalue weighted by atomic mass is 14.9. The Morgan fingerprint density at radius 3 is 2.33 bits per heavy atom. The fourth-order valence-electron chi connectivity index (χ4n) is 2.23. The molecule has 1 aromatic rings. The first-order valence-corrected chi connectivity index (χ1v) is 7.01. The molecule has 0 bridgehead atoms. The van der Waals surface area contributed by atoms with Crippen LogP contribution in [0.25, 0.3) is 0 Å². The summed E-state index contributed by atoms with van der Waals surface area (Å²) in [5, 5.41) is 6.88. The summed E-state index contributed by atoms with van der Waals surface area (Å²) in [6.45, 7) is 10.1. The molecule has 2 nitrogen and oxygen atoms in total. The van der Waals surface area contributed by atoms with Crippen LogP contribution in [-0.4, -0.2) is 26.7 Å². The van der Waals surface area contributed by atoms with Gasteiger partial charge in [-0.1, -0.05) is 57.5 Å². The highest BCUT2D eigenvalue weighted by molar-refractivity contribution is 5.23. The first-order chi connectivity index (χ1) is 8.60. The molecule has 0 saturated heterocycles. The van der Waals surface area contributed by atoms with Crippen LogP contribution in [0.3, 0.4) is 0 Å². The maximum Gasteiger partial charge on any atom is 0.00433 e. The van der Waals surface area contributed by atoms with Gasteiger partial charge in [0.05, 0.1) is 0 Å². The summed E-state index contributed by atoms with van der Waals surface area (Å²) in [5.74, 6) is 0.724. The van der Waals surface area contributed by atoms with E-state index in [2.05, 4.69) is 61.7 Å². The van der Waals surface area contributed by atoms with Crippen molar-refractivity contribution in [3.63, 3.8) is 0 Å². The van der Waals surface area contributed by atoms with E-state index < -0.39 is 0 Å². The molecule has 2 N–H and O–H groups in total. The molecule has 1 aromatic carbocycles. The zero-order valence-electron chi connectivity index (χ0n) is 12.3. The van der Waals surface area contributed by atoms with E-state index in [-0.39, 0.29) is 5.41 Å². The summed E-state index contributed by atoms with van der Waals surface area (Å²) in [6.07, 6.45) is 1.22. The number of benzene rings is 1. The van der Waals surface area contributed by atoms with Crippen molar-refractivity contribution in [1.82, 2.24) is 10.6 Å². The van der Waals surface area contributed by atoms with Gasteiger partial charge in [-0.15, -0.1) is 0 Å². The third-order valence-electron chi connectivity index (χ3n) is 3.63. The van der Waals surface area contributed by atoms with E-state index >= 15 is 0 Å². The van der Waals surface area contributed by atoms with Gasteiger partial charge in [-0.05, 0) is 31.6 Å². The Balaban J connectivity index is 2.42. The van der Waals surface area contributed by atoms with E-state index in [0.29, 0.717) is 0 Å². The molecule has 0 spiro atoms. The van der Waals surface area contributed by atoms with Gasteiger partial charge in [0.1, 0.15) is 0 Å². The molecular weight excluding hydrogens is 220 g/mol. The fourth-order valence-corrected chi connectivity index (χ4v) is 2.23. The molecule has 0 aliphatic heterocycles. The Labute approximate surface area is 112 Å². The van der Waals surface area contributed by atoms with Crippen LogP contribution in [0.2, 0.25) is 0 Å². The molecule has 18 heavy (non-hydrogen) atoms. The number of nitrogens with one attached hydrogen (secondary N) is 2. The highest BCUT2D eigenvalue weighted by Gasteiger charge is 2.19. The molecule has 1 atom stereocenters. The van der Waals surface area contributed by atoms with Gasteiger partial charge in [-0.25, -0.2) is 0 Å². The quantitative estimate of drug-likeness (QED) is 0.739. The third-order valence-corrected chi connectivity index (χ3v) is 3.63. The highest BCUT2D eigenvalue weighted by Crippen LogP contribution is 2.21. The van der Waals surface area contributed by atoms with Crippen LogP contribution < -0.4 is 10.6 Å². The second-order valence-electron chi connectivity index (χ2n) is 5.71. The van der Waals surface area contributed by atoms with Crippen LogP contribution in [0.1, 0.15) is 32.8 Å². The third kappa shape index (κ3) is 4.79. The molecule has 102 valence electrons. The number of rotatable bonds is 8. The van der Waals surface area contributed by atoms with E-state index in [9.17, 15) is 0 Å². The smallest absolute Gasteiger partial charge is 0.00433 e. The molecule has 2 heteroatoms. The summed E-state index contributed by atoms with van der Waals surface area (Å²) in [6, 6.07) is 10.7. The molecule has 0 radical (unpaired) electrons. The van der Waals surface area contributed by atoms with Gasteiger partial charge in [0, 0.05) is 12.0 Å². The SMILES string of the molecule is CCC(CNC)CNCC(C)(C)c1ccccc1. The fraction of sp³-hybridized carbons (Fsp3) is 0.625. The molecule has 0 amide bonds. The van der Waals surface area contributed by atoms with Crippen LogP contribution in [0, 0.1) is 5.92 Å². The second-order valence-corrected chi connectivity index (χ2v) is 5.71. The Bertz CT molecular complexity index is 319. The Morgan fingerprint density at radius 1 is 1.11 bits per heavy atom. The van der Waals surface area contributed by atoms with Gasteiger partial charge in [0.25, 0.3) is 0 Å². The van der Waals surface area contributed by atoms with E-state index in [0.717, 1.165) is 25.6 Å². The molecule has 0 heterocycles. The van der Waals surface area contributed by atoms with Gasteiger partial charge in [0.2, 0.25) is 0 Å². The number of hydrogen-bond acceptors (Lipinski definition) is 2. The lowest BCUT2D eigenvalue weighted by atomic mass is 9.84. The van der Waals surface area contributed by atoms with Crippen molar-refractivity contribution in [3.8, 4) is 0 Å². The van der Waals surface area contributed by atoms with Crippen molar-refractivity contribution in [1.29, 1.82) is 0 Å². The molecule has 1 unspecified atom stereocenters. The standard InChI is InChI=1S/C16H28N2/c1-5-14(11-17-4)12-18-13-16(2,3)15-9-7-6-8-10-15/h6-10,14,17-18H,5,11-13H2,1-4H3. The summed E-state index contributed by atoms with van der Waals surface area (Å²) < 4.78 is 0. The molecule has 0 saturated carbocycles. The molecule has 0 aliphatic carbocycles. The van der Waals surface area contributed by atoms with E-state index in [1.54, 1.807) is 0 Å². The van der Waals surface area contributed by atoms with Crippen LogP contribution in [0.15, 0.2) is 30.3 Å². The lowest BCUT2D eigenvalue weighted by molar-refractivity contribution is 0.402. The molecule has 0 aromatic heterocycles. The minimum absolute atomic E-state index is 0.194. The van der Waals surface area contributed by atoms with Gasteiger partial charge in [-0.2, -0.15) is 0 Å². The second kappa shape index (κ2) is 7.55. The Kier molecular flexibility index (Phi) is 6.37. The molecule has 1 rings (SSSR count). The van der Waals surface area contributed by atoms with Crippen LogP contribution in [0.5, 0.6) is 0 Å². The minimum atomic E-state index is 0.194. The minimum Gasteiger partial charge on any atom is -0.319 e. The maximum absolute atomic E-state index is 3.62. The monoisotopic (exact) mass is 248 g/mol. The predicted molar refractivity (Wildman–Crippen MR) is 80.0 cm³/mol. The van der Waals surface area contributed by atoms with Crippen LogP contribution >= 0.6 is 0 Å². The predicted octanol–water partition coefficient (Wildman–Crippen LogP) is 2.80. The van der Waals surface area contributed by atoms with Gasteiger partial charge >= 0.3 is 0 Å². The first kappa shape index (κ1) is 15.2. The lowest BCUT2D eigenvalue weighted by Crippen LogP contribution is -2.37. The topological polar surface area (TPSA) is 24.1 Å². The van der Waals surface area contributed by atoms with Crippen molar-refractivity contribution in [2.24, 2.45) is 5.92 Å². The average Bonchev–Trinajstić information content (AvgIpc) is 2.38. The molecule has 0 aliphatic rings. The van der Waals surface area contributed by atoms with Crippen molar-refractivity contribution >= 4 is 0 Å². The van der Waals surface area contributed by atoms with E-state index in [4.69, 9.17) is 0 Å². The summed E-state index contributed by atoms with van der Waals surface area (Å²) in [4.78, 5) is 0. The van der Waals surface area contributed by atoms with Crippen molar-refractivity contribution in [2.75, 3.05) is 26.7 Å². The Hall–Kier alpha value is -0.860. The normalized spacial score (nSPS) is 13.6. The molecular formula is C16H28N2. The van der Waals surface area contributed by atoms with Crippen LogP contribution in [-0.2, 0) is 5.41 Å². The number of hydrogen-bond donors (Lipinski definition) is 2. The summed E-state index contributed by atoms with van der Waals surface area (Å²) in [7, 11) is 2.02. The largest absolute Gasteiger partial charge is 0.319 e. The Morgan fingerprint density at radius 2 is 1.78 bits per heavy atom. The van der Waals surface area contributed by atoms with Crippen LogP contribution in [0.4, 0.5) is 0 Å². The molecule has 0 fully saturated rings. The average molecular weight is 248 g/mol. The van der Waals surface area contributed by atoms with E-state index in [1.165, 1.54) is 12.0 Å². The zero-order chi connectivity index (χ0) is 13.4. The lowest BCUT2D eigenvalue weighted by Gasteiger charge is -2.27.